The van der Waals surface area contributed by atoms with Crippen molar-refractivity contribution in [2.45, 2.75) is 19.6 Å². The van der Waals surface area contributed by atoms with Gasteiger partial charge in [0.2, 0.25) is 0 Å². The van der Waals surface area contributed by atoms with Crippen LogP contribution in [-0.4, -0.2) is 13.5 Å². The fourth-order valence-electron chi connectivity index (χ4n) is 3.15. The quantitative estimate of drug-likeness (QED) is 0.403. The molecule has 4 aromatic rings. The minimum absolute atomic E-state index is 0.0903. The predicted molar refractivity (Wildman–Crippen MR) is 118 cm³/mol. The number of phenolic OH excluding ortho intramolecular Hbond substituents is 1. The van der Waals surface area contributed by atoms with Gasteiger partial charge in [0.15, 0.2) is 0 Å². The highest BCUT2D eigenvalue weighted by molar-refractivity contribution is 8.33. The summed E-state index contributed by atoms with van der Waals surface area (Å²) in [6, 6.07) is 33.3. The topological polar surface area (TPSA) is 63.6 Å². The van der Waals surface area contributed by atoms with E-state index in [0.29, 0.717) is 4.90 Å². The highest BCUT2D eigenvalue weighted by atomic mass is 32.3. The van der Waals surface area contributed by atoms with Gasteiger partial charge in [-0.05, 0) is 71.0 Å². The lowest BCUT2D eigenvalue weighted by Crippen LogP contribution is -2.14. The molecule has 30 heavy (non-hydrogen) atoms. The van der Waals surface area contributed by atoms with Crippen molar-refractivity contribution in [3.63, 3.8) is 0 Å². The molecule has 4 nitrogen and oxygen atoms in total. The minimum atomic E-state index is -4.10. The lowest BCUT2D eigenvalue weighted by molar-refractivity contribution is 0.474. The van der Waals surface area contributed by atoms with E-state index in [1.54, 1.807) is 42.5 Å². The predicted octanol–water partition coefficient (Wildman–Crippen LogP) is 5.99. The van der Waals surface area contributed by atoms with Gasteiger partial charge in [-0.1, -0.05) is 54.6 Å². The number of hydrogen-bond donors (Lipinski definition) is 1. The number of aromatic hydroxyl groups is 1. The molecule has 4 rings (SSSR count). The molecule has 1 N–H and O–H groups in total. The third-order valence-electron chi connectivity index (χ3n) is 4.54. The monoisotopic (exact) mass is 436 g/mol. The van der Waals surface area contributed by atoms with Crippen molar-refractivity contribution in [2.24, 2.45) is 0 Å². The second kappa shape index (κ2) is 8.36. The van der Waals surface area contributed by atoms with Crippen molar-refractivity contribution in [2.75, 3.05) is 0 Å². The average molecular weight is 437 g/mol. The van der Waals surface area contributed by atoms with Crippen LogP contribution in [-0.2, 0) is 13.7 Å². The van der Waals surface area contributed by atoms with Gasteiger partial charge in [-0.25, -0.2) is 3.63 Å². The Morgan fingerprint density at radius 1 is 0.500 bits per heavy atom. The van der Waals surface area contributed by atoms with Gasteiger partial charge in [-0.2, -0.15) is 8.42 Å². The van der Waals surface area contributed by atoms with Gasteiger partial charge < -0.3 is 5.11 Å². The molecule has 152 valence electrons. The van der Waals surface area contributed by atoms with Crippen LogP contribution in [0, 0.1) is 0 Å². The van der Waals surface area contributed by atoms with Crippen LogP contribution in [0.1, 0.15) is 0 Å². The van der Waals surface area contributed by atoms with E-state index in [0.717, 1.165) is 9.79 Å². The van der Waals surface area contributed by atoms with E-state index in [9.17, 15) is 13.5 Å². The molecule has 0 aliphatic rings. The maximum atomic E-state index is 13.4. The second-order valence-electron chi connectivity index (χ2n) is 6.51. The number of benzene rings is 4. The minimum Gasteiger partial charge on any atom is -0.508 e. The summed E-state index contributed by atoms with van der Waals surface area (Å²) >= 11 is 0. The number of phenols is 1. The molecule has 0 amide bonds. The highest BCUT2D eigenvalue weighted by Gasteiger charge is 2.38. The molecule has 0 aliphatic heterocycles. The van der Waals surface area contributed by atoms with Crippen LogP contribution in [0.25, 0.3) is 0 Å². The third-order valence-corrected chi connectivity index (χ3v) is 9.73. The Morgan fingerprint density at radius 2 is 0.867 bits per heavy atom. The summed E-state index contributed by atoms with van der Waals surface area (Å²) in [4.78, 5) is 2.23. The van der Waals surface area contributed by atoms with Crippen LogP contribution >= 0.6 is 10.3 Å². The van der Waals surface area contributed by atoms with Gasteiger partial charge in [-0.3, -0.25) is 0 Å². The van der Waals surface area contributed by atoms with Gasteiger partial charge in [0.25, 0.3) is 0 Å². The van der Waals surface area contributed by atoms with Crippen LogP contribution in [0.15, 0.2) is 135 Å². The molecule has 0 fully saturated rings. The van der Waals surface area contributed by atoms with E-state index < -0.39 is 20.4 Å². The van der Waals surface area contributed by atoms with Gasteiger partial charge in [0, 0.05) is 14.7 Å². The standard InChI is InChI=1S/C24H20O4S2/c25-20-16-18-23(19-17-20)29(21-10-4-1-5-11-21,22-12-6-2-7-13-22)28-30(26,27)24-14-8-3-9-15-24/h1-19,25H. The molecule has 0 aromatic heterocycles. The zero-order chi connectivity index (χ0) is 21.0. The first kappa shape index (κ1) is 20.2. The number of hydrogen-bond acceptors (Lipinski definition) is 4. The smallest absolute Gasteiger partial charge is 0.307 e. The van der Waals surface area contributed by atoms with Crippen molar-refractivity contribution >= 4 is 20.4 Å². The molecule has 0 saturated heterocycles. The van der Waals surface area contributed by atoms with Crippen LogP contribution in [0.5, 0.6) is 5.75 Å². The van der Waals surface area contributed by atoms with Crippen molar-refractivity contribution in [1.29, 1.82) is 0 Å². The van der Waals surface area contributed by atoms with Gasteiger partial charge in [0.05, 0.1) is 4.90 Å². The molecule has 4 aromatic carbocycles. The lowest BCUT2D eigenvalue weighted by Gasteiger charge is -2.39. The SMILES string of the molecule is O=S(=O)(OS(c1ccccc1)(c1ccccc1)c1ccc(O)cc1)c1ccccc1. The van der Waals surface area contributed by atoms with Crippen molar-refractivity contribution < 1.29 is 17.2 Å². The summed E-state index contributed by atoms with van der Waals surface area (Å²) in [6.07, 6.45) is 0. The van der Waals surface area contributed by atoms with Gasteiger partial charge in [-0.15, -0.1) is 0 Å². The Bertz CT molecular complexity index is 1170. The largest absolute Gasteiger partial charge is 0.508 e. The fraction of sp³-hybridized carbons (Fsp3) is 0. The van der Waals surface area contributed by atoms with Crippen LogP contribution in [0.4, 0.5) is 0 Å². The van der Waals surface area contributed by atoms with E-state index >= 15 is 0 Å². The maximum absolute atomic E-state index is 13.4. The van der Waals surface area contributed by atoms with E-state index in [2.05, 4.69) is 0 Å². The zero-order valence-corrected chi connectivity index (χ0v) is 17.6. The molecule has 0 saturated carbocycles. The molecule has 0 heterocycles. The normalized spacial score (nSPS) is 12.4. The Kier molecular flexibility index (Phi) is 5.63. The summed E-state index contributed by atoms with van der Waals surface area (Å²) in [7, 11) is -6.75. The molecule has 0 bridgehead atoms. The van der Waals surface area contributed by atoms with E-state index in [1.165, 1.54) is 12.1 Å². The lowest BCUT2D eigenvalue weighted by atomic mass is 10.3. The Labute approximate surface area is 178 Å². The maximum Gasteiger partial charge on any atom is 0.307 e. The van der Waals surface area contributed by atoms with E-state index in [4.69, 9.17) is 3.63 Å². The van der Waals surface area contributed by atoms with Crippen molar-refractivity contribution in [3.8, 4) is 5.75 Å². The van der Waals surface area contributed by atoms with E-state index in [-0.39, 0.29) is 10.6 Å². The fourth-order valence-corrected chi connectivity index (χ4v) is 8.39. The first-order valence-electron chi connectivity index (χ1n) is 9.26. The summed E-state index contributed by atoms with van der Waals surface area (Å²) < 4.78 is 33.0. The first-order valence-corrected chi connectivity index (χ1v) is 12.2. The van der Waals surface area contributed by atoms with Crippen molar-refractivity contribution in [3.05, 3.63) is 115 Å². The van der Waals surface area contributed by atoms with E-state index in [1.807, 2.05) is 60.7 Å². The Balaban J connectivity index is 2.01. The first-order chi connectivity index (χ1) is 14.5. The molecule has 0 unspecified atom stereocenters. The summed E-state index contributed by atoms with van der Waals surface area (Å²) in [5.74, 6) is 0.0964. The molecule has 6 heteroatoms. The molecular formula is C24H20O4S2. The molecule has 0 atom stereocenters. The average Bonchev–Trinajstić information content (AvgIpc) is 2.80. The van der Waals surface area contributed by atoms with Crippen molar-refractivity contribution in [1.82, 2.24) is 0 Å². The summed E-state index contributed by atoms with van der Waals surface area (Å²) in [6.45, 7) is 0. The van der Waals surface area contributed by atoms with Gasteiger partial charge in [0.1, 0.15) is 5.75 Å². The zero-order valence-electron chi connectivity index (χ0n) is 16.0. The molecule has 0 aliphatic carbocycles. The Hall–Kier alpha value is -3.06. The Morgan fingerprint density at radius 3 is 1.30 bits per heavy atom. The highest BCUT2D eigenvalue weighted by Crippen LogP contribution is 2.70. The number of rotatable bonds is 6. The molecule has 0 radical (unpaired) electrons. The van der Waals surface area contributed by atoms with Crippen LogP contribution in [0.3, 0.4) is 0 Å². The van der Waals surface area contributed by atoms with Gasteiger partial charge >= 0.3 is 10.1 Å². The summed E-state index contributed by atoms with van der Waals surface area (Å²) in [5, 5.41) is 9.82. The van der Waals surface area contributed by atoms with Crippen LogP contribution in [0.2, 0.25) is 0 Å². The third kappa shape index (κ3) is 3.85. The second-order valence-corrected chi connectivity index (χ2v) is 11.0. The molecular weight excluding hydrogens is 416 g/mol. The van der Waals surface area contributed by atoms with Crippen LogP contribution < -0.4 is 0 Å². The summed E-state index contributed by atoms with van der Waals surface area (Å²) in [5.41, 5.74) is 0. The molecule has 0 spiro atoms.